The quantitative estimate of drug-likeness (QED) is 0.818. The van der Waals surface area contributed by atoms with E-state index < -0.39 is 5.82 Å². The molecule has 0 fully saturated rings. The van der Waals surface area contributed by atoms with Crippen LogP contribution in [0.3, 0.4) is 0 Å². The maximum absolute atomic E-state index is 13.5. The summed E-state index contributed by atoms with van der Waals surface area (Å²) in [6, 6.07) is 9.81. The first-order chi connectivity index (χ1) is 9.63. The smallest absolute Gasteiger partial charge is 0.165 e. The van der Waals surface area contributed by atoms with E-state index in [9.17, 15) is 14.6 Å². The molecular weight excluding hydrogens is 255 g/mol. The van der Waals surface area contributed by atoms with Gasteiger partial charge < -0.3 is 10.2 Å². The number of halogens is 1. The topological polar surface area (TPSA) is 40.5 Å². The Morgan fingerprint density at radius 2 is 1.80 bits per heavy atom. The van der Waals surface area contributed by atoms with Crippen LogP contribution in [0.15, 0.2) is 36.4 Å². The Morgan fingerprint density at radius 3 is 2.60 bits per heavy atom. The molecule has 1 aliphatic rings. The summed E-state index contributed by atoms with van der Waals surface area (Å²) < 4.78 is 13.5. The van der Waals surface area contributed by atoms with Crippen molar-refractivity contribution in [3.8, 4) is 11.5 Å². The molecule has 0 bridgehead atoms. The molecule has 0 atom stereocenters. The molecule has 2 aromatic carbocycles. The number of phenolic OH excluding ortho intramolecular Hbond substituents is 2. The van der Waals surface area contributed by atoms with Crippen molar-refractivity contribution < 1.29 is 14.6 Å². The zero-order chi connectivity index (χ0) is 14.1. The lowest BCUT2D eigenvalue weighted by molar-refractivity contribution is 0.432. The van der Waals surface area contributed by atoms with Gasteiger partial charge in [-0.25, -0.2) is 4.39 Å². The van der Waals surface area contributed by atoms with Crippen LogP contribution in [-0.4, -0.2) is 10.2 Å². The normalized spacial score (nSPS) is 14.3. The number of phenols is 2. The molecule has 20 heavy (non-hydrogen) atoms. The van der Waals surface area contributed by atoms with Crippen LogP contribution in [0, 0.1) is 5.82 Å². The first kappa shape index (κ1) is 12.7. The van der Waals surface area contributed by atoms with Gasteiger partial charge in [-0.05, 0) is 65.8 Å². The summed E-state index contributed by atoms with van der Waals surface area (Å²) in [5, 5.41) is 18.8. The van der Waals surface area contributed by atoms with E-state index in [1.807, 2.05) is 12.1 Å². The molecule has 0 saturated heterocycles. The highest BCUT2D eigenvalue weighted by Crippen LogP contribution is 2.32. The van der Waals surface area contributed by atoms with Crippen molar-refractivity contribution in [2.45, 2.75) is 19.3 Å². The first-order valence-electron chi connectivity index (χ1n) is 6.65. The van der Waals surface area contributed by atoms with Crippen LogP contribution in [0.5, 0.6) is 11.5 Å². The fourth-order valence-electron chi connectivity index (χ4n) is 2.61. The molecule has 0 spiro atoms. The van der Waals surface area contributed by atoms with Gasteiger partial charge in [-0.3, -0.25) is 0 Å². The van der Waals surface area contributed by atoms with Crippen molar-refractivity contribution in [2.24, 2.45) is 0 Å². The van der Waals surface area contributed by atoms with Gasteiger partial charge in [0.2, 0.25) is 0 Å². The Morgan fingerprint density at radius 1 is 0.950 bits per heavy atom. The first-order valence-corrected chi connectivity index (χ1v) is 6.65. The molecule has 3 heteroatoms. The predicted molar refractivity (Wildman–Crippen MR) is 77.0 cm³/mol. The average Bonchev–Trinajstić information content (AvgIpc) is 2.63. The SMILES string of the molecule is Oc1ccc2c(c1)CCCC(c1ccc(O)c(F)c1)=C2. The highest BCUT2D eigenvalue weighted by atomic mass is 19.1. The van der Waals surface area contributed by atoms with Crippen molar-refractivity contribution in [1.82, 2.24) is 0 Å². The predicted octanol–water partition coefficient (Wildman–Crippen LogP) is 4.11. The highest BCUT2D eigenvalue weighted by molar-refractivity contribution is 5.83. The van der Waals surface area contributed by atoms with Crippen molar-refractivity contribution >= 4 is 11.6 Å². The van der Waals surface area contributed by atoms with Gasteiger partial charge in [-0.1, -0.05) is 18.2 Å². The number of benzene rings is 2. The third kappa shape index (κ3) is 2.39. The maximum Gasteiger partial charge on any atom is 0.165 e. The summed E-state index contributed by atoms with van der Waals surface area (Å²) in [5.41, 5.74) is 4.01. The summed E-state index contributed by atoms with van der Waals surface area (Å²) in [4.78, 5) is 0. The second-order valence-corrected chi connectivity index (χ2v) is 5.07. The van der Waals surface area contributed by atoms with Gasteiger partial charge in [0, 0.05) is 0 Å². The third-order valence-corrected chi connectivity index (χ3v) is 3.67. The van der Waals surface area contributed by atoms with Crippen molar-refractivity contribution in [3.05, 3.63) is 58.9 Å². The summed E-state index contributed by atoms with van der Waals surface area (Å²) >= 11 is 0. The maximum atomic E-state index is 13.5. The molecule has 2 N–H and O–H groups in total. The van der Waals surface area contributed by atoms with E-state index in [1.54, 1.807) is 18.2 Å². The highest BCUT2D eigenvalue weighted by Gasteiger charge is 2.12. The molecule has 3 rings (SSSR count). The van der Waals surface area contributed by atoms with Crippen LogP contribution in [0.25, 0.3) is 11.6 Å². The van der Waals surface area contributed by atoms with Crippen LogP contribution in [0.4, 0.5) is 4.39 Å². The molecular formula is C17H15FO2. The molecule has 0 heterocycles. The lowest BCUT2D eigenvalue weighted by Gasteiger charge is -2.06. The van der Waals surface area contributed by atoms with Gasteiger partial charge in [0.15, 0.2) is 11.6 Å². The standard InChI is InChI=1S/C17H15FO2/c18-16-10-14(5-7-17(16)20)11-2-1-3-12-9-15(19)6-4-13(12)8-11/h4-10,19-20H,1-3H2. The lowest BCUT2D eigenvalue weighted by atomic mass is 10.0. The van der Waals surface area contributed by atoms with Gasteiger partial charge in [-0.2, -0.15) is 0 Å². The van der Waals surface area contributed by atoms with E-state index in [4.69, 9.17) is 0 Å². The Kier molecular flexibility index (Phi) is 3.18. The minimum absolute atomic E-state index is 0.274. The summed E-state index contributed by atoms with van der Waals surface area (Å²) in [6.07, 6.45) is 4.72. The number of hydrogen-bond acceptors (Lipinski definition) is 2. The number of rotatable bonds is 1. The van der Waals surface area contributed by atoms with Gasteiger partial charge in [0.1, 0.15) is 5.75 Å². The number of hydrogen-bond donors (Lipinski definition) is 2. The molecule has 0 aliphatic heterocycles. The van der Waals surface area contributed by atoms with E-state index in [2.05, 4.69) is 0 Å². The van der Waals surface area contributed by atoms with Crippen molar-refractivity contribution in [3.63, 3.8) is 0 Å². The van der Waals surface area contributed by atoms with E-state index in [1.165, 1.54) is 12.1 Å². The monoisotopic (exact) mass is 270 g/mol. The summed E-state index contributed by atoms with van der Waals surface area (Å²) in [5.74, 6) is -0.650. The molecule has 0 unspecified atom stereocenters. The van der Waals surface area contributed by atoms with Crippen LogP contribution >= 0.6 is 0 Å². The lowest BCUT2D eigenvalue weighted by Crippen LogP contribution is -1.87. The Hall–Kier alpha value is -2.29. The van der Waals surface area contributed by atoms with Crippen LogP contribution < -0.4 is 0 Å². The minimum Gasteiger partial charge on any atom is -0.508 e. The fraction of sp³-hybridized carbons (Fsp3) is 0.176. The Labute approximate surface area is 116 Å². The Balaban J connectivity index is 2.05. The fourth-order valence-corrected chi connectivity index (χ4v) is 2.61. The van der Waals surface area contributed by atoms with Crippen molar-refractivity contribution in [1.29, 1.82) is 0 Å². The zero-order valence-corrected chi connectivity index (χ0v) is 10.9. The van der Waals surface area contributed by atoms with Crippen LogP contribution in [0.1, 0.15) is 29.5 Å². The molecule has 0 radical (unpaired) electrons. The van der Waals surface area contributed by atoms with E-state index >= 15 is 0 Å². The second-order valence-electron chi connectivity index (χ2n) is 5.07. The largest absolute Gasteiger partial charge is 0.508 e. The Bertz CT molecular complexity index is 689. The number of aryl methyl sites for hydroxylation is 1. The van der Waals surface area contributed by atoms with E-state index in [0.717, 1.165) is 41.5 Å². The van der Waals surface area contributed by atoms with Crippen LogP contribution in [0.2, 0.25) is 0 Å². The summed E-state index contributed by atoms with van der Waals surface area (Å²) in [7, 11) is 0. The average molecular weight is 270 g/mol. The molecule has 2 aromatic rings. The second kappa shape index (κ2) is 5.00. The number of fused-ring (bicyclic) bond motifs is 1. The molecule has 2 nitrogen and oxygen atoms in total. The van der Waals surface area contributed by atoms with E-state index in [-0.39, 0.29) is 11.5 Å². The summed E-state index contributed by atoms with van der Waals surface area (Å²) in [6.45, 7) is 0. The zero-order valence-electron chi connectivity index (χ0n) is 10.9. The molecule has 0 aromatic heterocycles. The number of aromatic hydroxyl groups is 2. The molecule has 102 valence electrons. The van der Waals surface area contributed by atoms with Gasteiger partial charge in [0.25, 0.3) is 0 Å². The van der Waals surface area contributed by atoms with Crippen molar-refractivity contribution in [2.75, 3.05) is 0 Å². The number of allylic oxidation sites excluding steroid dienone is 1. The molecule has 1 aliphatic carbocycles. The minimum atomic E-state index is -0.599. The molecule has 0 saturated carbocycles. The van der Waals surface area contributed by atoms with E-state index in [0.29, 0.717) is 0 Å². The van der Waals surface area contributed by atoms with Gasteiger partial charge in [0.05, 0.1) is 0 Å². The molecule has 0 amide bonds. The third-order valence-electron chi connectivity index (χ3n) is 3.67. The van der Waals surface area contributed by atoms with Gasteiger partial charge in [-0.15, -0.1) is 0 Å². The van der Waals surface area contributed by atoms with Crippen LogP contribution in [-0.2, 0) is 6.42 Å². The van der Waals surface area contributed by atoms with Gasteiger partial charge >= 0.3 is 0 Å².